The molecule has 0 aromatic carbocycles. The summed E-state index contributed by atoms with van der Waals surface area (Å²) >= 11 is 6.74. The number of hydrogen-bond acceptors (Lipinski definition) is 5. The molecular formula is C12H12Br2N2O4. The zero-order chi connectivity index (χ0) is 15.3. The first-order valence-corrected chi connectivity index (χ1v) is 7.45. The lowest BCUT2D eigenvalue weighted by Gasteiger charge is -2.53. The van der Waals surface area contributed by atoms with Crippen molar-refractivity contribution in [1.82, 2.24) is 4.90 Å². The fourth-order valence-electron chi connectivity index (χ4n) is 2.48. The molecule has 2 bridgehead atoms. The van der Waals surface area contributed by atoms with Crippen molar-refractivity contribution < 1.29 is 19.1 Å². The fraction of sp³-hybridized carbons (Fsp3) is 0.583. The van der Waals surface area contributed by atoms with Gasteiger partial charge in [0.15, 0.2) is 6.23 Å². The topological polar surface area (TPSA) is 79.6 Å². The molecule has 1 fully saturated rings. The summed E-state index contributed by atoms with van der Waals surface area (Å²) in [4.78, 5) is 24.5. The number of fused-ring (bicyclic) bond motifs is 2. The quantitative estimate of drug-likeness (QED) is 0.455. The predicted molar refractivity (Wildman–Crippen MR) is 75.7 cm³/mol. The normalized spacial score (nSPS) is 34.7. The summed E-state index contributed by atoms with van der Waals surface area (Å²) in [6, 6.07) is 2.20. The Morgan fingerprint density at radius 1 is 1.60 bits per heavy atom. The van der Waals surface area contributed by atoms with Crippen LogP contribution in [0.3, 0.4) is 0 Å². The molecular weight excluding hydrogens is 396 g/mol. The standard InChI is InChI=1S/C12H12Br2N2O4/c1-11(2)9(17)20-8-7(14)12(11,5-15)6(13)4-16(8)10(18)19-3/h4,7-8H,1-3H3/t7?,8-,12-/m1/s1. The maximum absolute atomic E-state index is 12.2. The number of methoxy groups -OCH3 is 1. The first-order valence-electron chi connectivity index (χ1n) is 5.74. The number of nitriles is 1. The van der Waals surface area contributed by atoms with Crippen LogP contribution in [-0.2, 0) is 14.3 Å². The Balaban J connectivity index is 2.67. The Kier molecular flexibility index (Phi) is 3.63. The Bertz CT molecular complexity index is 554. The van der Waals surface area contributed by atoms with Crippen LogP contribution in [0.4, 0.5) is 4.79 Å². The molecule has 1 amide bonds. The first kappa shape index (κ1) is 15.3. The number of esters is 1. The highest BCUT2D eigenvalue weighted by Gasteiger charge is 2.67. The molecule has 0 spiro atoms. The van der Waals surface area contributed by atoms with Gasteiger partial charge in [0.05, 0.1) is 23.4 Å². The average molecular weight is 408 g/mol. The summed E-state index contributed by atoms with van der Waals surface area (Å²) in [6.45, 7) is 3.29. The molecule has 2 aliphatic rings. The van der Waals surface area contributed by atoms with Gasteiger partial charge in [0.2, 0.25) is 0 Å². The monoisotopic (exact) mass is 406 g/mol. The molecule has 0 N–H and O–H groups in total. The van der Waals surface area contributed by atoms with Gasteiger partial charge in [-0.2, -0.15) is 5.26 Å². The van der Waals surface area contributed by atoms with Crippen molar-refractivity contribution in [3.63, 3.8) is 0 Å². The van der Waals surface area contributed by atoms with Gasteiger partial charge in [0.25, 0.3) is 0 Å². The van der Waals surface area contributed by atoms with Crippen LogP contribution >= 0.6 is 31.9 Å². The molecule has 2 heterocycles. The summed E-state index contributed by atoms with van der Waals surface area (Å²) in [5.41, 5.74) is -2.22. The Hall–Kier alpha value is -1.07. The second-order valence-corrected chi connectivity index (χ2v) is 6.94. The van der Waals surface area contributed by atoms with E-state index in [9.17, 15) is 14.9 Å². The number of amides is 1. The minimum atomic E-state index is -1.16. The van der Waals surface area contributed by atoms with E-state index < -0.39 is 33.9 Å². The lowest BCUT2D eigenvalue weighted by atomic mass is 9.61. The van der Waals surface area contributed by atoms with E-state index in [1.54, 1.807) is 13.8 Å². The van der Waals surface area contributed by atoms with E-state index >= 15 is 0 Å². The van der Waals surface area contributed by atoms with Crippen LogP contribution in [0.1, 0.15) is 13.8 Å². The van der Waals surface area contributed by atoms with Crippen LogP contribution in [0.2, 0.25) is 0 Å². The SMILES string of the molecule is COC(=O)N1C=C(Br)[C@]2(C#N)C(Br)[C@H]1OC(=O)C2(C)C. The maximum atomic E-state index is 12.2. The van der Waals surface area contributed by atoms with E-state index in [1.807, 2.05) is 0 Å². The lowest BCUT2D eigenvalue weighted by molar-refractivity contribution is -0.187. The zero-order valence-electron chi connectivity index (χ0n) is 11.0. The number of allylic oxidation sites excluding steroid dienone is 1. The van der Waals surface area contributed by atoms with Crippen LogP contribution in [-0.4, -0.2) is 35.1 Å². The third-order valence-corrected chi connectivity index (χ3v) is 5.82. The molecule has 1 unspecified atom stereocenters. The van der Waals surface area contributed by atoms with Gasteiger partial charge in [-0.3, -0.25) is 4.79 Å². The van der Waals surface area contributed by atoms with Gasteiger partial charge in [0.1, 0.15) is 5.41 Å². The van der Waals surface area contributed by atoms with Crippen molar-refractivity contribution in [2.45, 2.75) is 24.9 Å². The van der Waals surface area contributed by atoms with E-state index in [4.69, 9.17) is 4.74 Å². The molecule has 0 radical (unpaired) electrons. The molecule has 6 nitrogen and oxygen atoms in total. The van der Waals surface area contributed by atoms with E-state index in [0.29, 0.717) is 4.48 Å². The van der Waals surface area contributed by atoms with Gasteiger partial charge in [-0.15, -0.1) is 0 Å². The van der Waals surface area contributed by atoms with Crippen LogP contribution < -0.4 is 0 Å². The summed E-state index contributed by atoms with van der Waals surface area (Å²) in [7, 11) is 1.23. The number of ether oxygens (including phenoxy) is 2. The summed E-state index contributed by atoms with van der Waals surface area (Å²) in [5, 5.41) is 9.68. The summed E-state index contributed by atoms with van der Waals surface area (Å²) in [5.74, 6) is -0.543. The molecule has 0 aliphatic carbocycles. The van der Waals surface area contributed by atoms with Gasteiger partial charge < -0.3 is 9.47 Å². The minimum Gasteiger partial charge on any atom is -0.452 e. The Labute approximate surface area is 132 Å². The largest absolute Gasteiger partial charge is 0.452 e. The molecule has 0 saturated carbocycles. The van der Waals surface area contributed by atoms with Gasteiger partial charge in [-0.1, -0.05) is 31.9 Å². The molecule has 1 saturated heterocycles. The Morgan fingerprint density at radius 3 is 2.70 bits per heavy atom. The summed E-state index contributed by atoms with van der Waals surface area (Å²) in [6.07, 6.45) is -0.162. The van der Waals surface area contributed by atoms with Crippen LogP contribution in [0.25, 0.3) is 0 Å². The number of rotatable bonds is 0. The maximum Gasteiger partial charge on any atom is 0.416 e. The molecule has 8 heteroatoms. The molecule has 2 aliphatic heterocycles. The van der Waals surface area contributed by atoms with Crippen LogP contribution in [0, 0.1) is 22.2 Å². The predicted octanol–water partition coefficient (Wildman–Crippen LogP) is 2.49. The first-order chi connectivity index (χ1) is 9.23. The van der Waals surface area contributed by atoms with Gasteiger partial charge in [0, 0.05) is 10.7 Å². The minimum absolute atomic E-state index is 0.428. The zero-order valence-corrected chi connectivity index (χ0v) is 14.2. The molecule has 20 heavy (non-hydrogen) atoms. The van der Waals surface area contributed by atoms with Gasteiger partial charge in [-0.25, -0.2) is 9.69 Å². The average Bonchev–Trinajstić information content (AvgIpc) is 2.39. The molecule has 3 atom stereocenters. The van der Waals surface area contributed by atoms with Crippen molar-refractivity contribution in [2.24, 2.45) is 10.8 Å². The number of alkyl halides is 1. The number of halogens is 2. The second-order valence-electron chi connectivity index (χ2n) is 5.10. The van der Waals surface area contributed by atoms with Crippen molar-refractivity contribution >= 4 is 43.9 Å². The second kappa shape index (κ2) is 4.74. The third-order valence-electron chi connectivity index (χ3n) is 3.85. The number of carbonyl (C=O) groups is 2. The van der Waals surface area contributed by atoms with Crippen molar-refractivity contribution in [2.75, 3.05) is 7.11 Å². The number of carbonyl (C=O) groups excluding carboxylic acids is 2. The molecule has 2 rings (SSSR count). The van der Waals surface area contributed by atoms with E-state index in [1.165, 1.54) is 13.3 Å². The lowest BCUT2D eigenvalue weighted by Crippen LogP contribution is -2.65. The summed E-state index contributed by atoms with van der Waals surface area (Å²) < 4.78 is 10.4. The van der Waals surface area contributed by atoms with Crippen LogP contribution in [0.15, 0.2) is 10.7 Å². The smallest absolute Gasteiger partial charge is 0.416 e. The highest BCUT2D eigenvalue weighted by molar-refractivity contribution is 9.12. The van der Waals surface area contributed by atoms with Gasteiger partial charge in [-0.05, 0) is 13.8 Å². The number of hydrogen-bond donors (Lipinski definition) is 0. The van der Waals surface area contributed by atoms with Crippen LogP contribution in [0.5, 0.6) is 0 Å². The van der Waals surface area contributed by atoms with E-state index in [2.05, 4.69) is 42.7 Å². The molecule has 0 aromatic rings. The third kappa shape index (κ3) is 1.66. The fourth-order valence-corrected chi connectivity index (χ4v) is 5.12. The highest BCUT2D eigenvalue weighted by Crippen LogP contribution is 2.59. The number of nitrogens with zero attached hydrogens (tertiary/aromatic N) is 2. The van der Waals surface area contributed by atoms with Crippen molar-refractivity contribution in [3.05, 3.63) is 10.7 Å². The molecule has 0 aromatic heterocycles. The van der Waals surface area contributed by atoms with E-state index in [-0.39, 0.29) is 0 Å². The van der Waals surface area contributed by atoms with E-state index in [0.717, 1.165) is 4.90 Å². The molecule has 108 valence electrons. The Morgan fingerprint density at radius 2 is 2.20 bits per heavy atom. The highest BCUT2D eigenvalue weighted by atomic mass is 79.9. The van der Waals surface area contributed by atoms with Crippen molar-refractivity contribution in [3.8, 4) is 6.07 Å². The van der Waals surface area contributed by atoms with Crippen molar-refractivity contribution in [1.29, 1.82) is 5.26 Å². The van der Waals surface area contributed by atoms with Gasteiger partial charge >= 0.3 is 12.1 Å².